The van der Waals surface area contributed by atoms with Gasteiger partial charge in [0.25, 0.3) is 0 Å². The summed E-state index contributed by atoms with van der Waals surface area (Å²) in [5.41, 5.74) is 2.35. The topological polar surface area (TPSA) is 73.3 Å². The summed E-state index contributed by atoms with van der Waals surface area (Å²) in [6, 6.07) is 5.47. The minimum atomic E-state index is -0.269. The van der Waals surface area contributed by atoms with E-state index in [1.165, 1.54) is 35.9 Å². The Labute approximate surface area is 155 Å². The predicted octanol–water partition coefficient (Wildman–Crippen LogP) is 3.99. The molecule has 1 aromatic heterocycles. The number of nitrogens with one attached hydrogen (secondary N) is 1. The van der Waals surface area contributed by atoms with E-state index in [1.54, 1.807) is 12.6 Å². The van der Waals surface area contributed by atoms with E-state index in [2.05, 4.69) is 15.5 Å². The lowest BCUT2D eigenvalue weighted by Gasteiger charge is -2.17. The SMILES string of the molecule is COc1ccc(NC(=O)[C@@H](C)Sc2nncs2)cc1OC1CCCC1. The molecule has 1 N–H and O–H groups in total. The number of anilines is 1. The zero-order valence-corrected chi connectivity index (χ0v) is 15.9. The number of rotatable bonds is 7. The lowest BCUT2D eigenvalue weighted by atomic mass is 10.2. The number of hydrogen-bond acceptors (Lipinski definition) is 7. The smallest absolute Gasteiger partial charge is 0.237 e. The molecule has 3 rings (SSSR count). The number of carbonyl (C=O) groups is 1. The van der Waals surface area contributed by atoms with Gasteiger partial charge in [0.1, 0.15) is 5.51 Å². The summed E-state index contributed by atoms with van der Waals surface area (Å²) in [6.45, 7) is 1.85. The van der Waals surface area contributed by atoms with Crippen molar-refractivity contribution in [3.63, 3.8) is 0 Å². The van der Waals surface area contributed by atoms with E-state index < -0.39 is 0 Å². The first kappa shape index (κ1) is 18.0. The minimum Gasteiger partial charge on any atom is -0.493 e. The van der Waals surface area contributed by atoms with Crippen LogP contribution in [0.15, 0.2) is 28.0 Å². The Balaban J connectivity index is 1.65. The highest BCUT2D eigenvalue weighted by molar-refractivity contribution is 8.02. The quantitative estimate of drug-likeness (QED) is 0.734. The molecule has 8 heteroatoms. The van der Waals surface area contributed by atoms with E-state index in [0.717, 1.165) is 17.2 Å². The molecule has 2 aromatic rings. The van der Waals surface area contributed by atoms with Gasteiger partial charge in [-0.05, 0) is 44.7 Å². The van der Waals surface area contributed by atoms with Crippen molar-refractivity contribution in [3.05, 3.63) is 23.7 Å². The highest BCUT2D eigenvalue weighted by Crippen LogP contribution is 2.34. The van der Waals surface area contributed by atoms with E-state index in [-0.39, 0.29) is 17.3 Å². The van der Waals surface area contributed by atoms with Crippen LogP contribution in [0.5, 0.6) is 11.5 Å². The molecule has 1 atom stereocenters. The van der Waals surface area contributed by atoms with Crippen molar-refractivity contribution in [1.82, 2.24) is 10.2 Å². The summed E-state index contributed by atoms with van der Waals surface area (Å²) < 4.78 is 12.2. The molecule has 0 spiro atoms. The number of methoxy groups -OCH3 is 1. The number of ether oxygens (including phenoxy) is 2. The molecule has 25 heavy (non-hydrogen) atoms. The van der Waals surface area contributed by atoms with Crippen LogP contribution < -0.4 is 14.8 Å². The van der Waals surface area contributed by atoms with Gasteiger partial charge in [0, 0.05) is 11.8 Å². The van der Waals surface area contributed by atoms with Crippen LogP contribution in [-0.4, -0.2) is 34.6 Å². The minimum absolute atomic E-state index is 0.0859. The van der Waals surface area contributed by atoms with E-state index in [4.69, 9.17) is 9.47 Å². The van der Waals surface area contributed by atoms with Gasteiger partial charge < -0.3 is 14.8 Å². The Kier molecular flexibility index (Phi) is 6.14. The third-order valence-corrected chi connectivity index (χ3v) is 5.93. The third kappa shape index (κ3) is 4.85. The number of aromatic nitrogens is 2. The number of benzene rings is 1. The third-order valence-electron chi connectivity index (χ3n) is 4.01. The van der Waals surface area contributed by atoms with Crippen LogP contribution in [0, 0.1) is 0 Å². The summed E-state index contributed by atoms with van der Waals surface area (Å²) in [5.74, 6) is 1.27. The normalized spacial score (nSPS) is 15.8. The molecular weight excluding hydrogens is 358 g/mol. The van der Waals surface area contributed by atoms with Gasteiger partial charge in [-0.15, -0.1) is 10.2 Å². The number of hydrogen-bond donors (Lipinski definition) is 1. The summed E-state index contributed by atoms with van der Waals surface area (Å²) >= 11 is 2.82. The van der Waals surface area contributed by atoms with Gasteiger partial charge in [0.05, 0.1) is 18.5 Å². The first-order chi connectivity index (χ1) is 12.2. The van der Waals surface area contributed by atoms with Gasteiger partial charge in [-0.2, -0.15) is 0 Å². The average molecular weight is 380 g/mol. The van der Waals surface area contributed by atoms with Crippen molar-refractivity contribution in [1.29, 1.82) is 0 Å². The molecule has 1 aliphatic carbocycles. The second kappa shape index (κ2) is 8.53. The lowest BCUT2D eigenvalue weighted by Crippen LogP contribution is -2.22. The largest absolute Gasteiger partial charge is 0.493 e. The van der Waals surface area contributed by atoms with Crippen molar-refractivity contribution in [2.24, 2.45) is 0 Å². The van der Waals surface area contributed by atoms with E-state index >= 15 is 0 Å². The first-order valence-corrected chi connectivity index (χ1v) is 10.00. The monoisotopic (exact) mass is 379 g/mol. The van der Waals surface area contributed by atoms with Gasteiger partial charge >= 0.3 is 0 Å². The summed E-state index contributed by atoms with van der Waals surface area (Å²) in [5, 5.41) is 10.4. The lowest BCUT2D eigenvalue weighted by molar-refractivity contribution is -0.115. The molecule has 6 nitrogen and oxygen atoms in total. The van der Waals surface area contributed by atoms with Gasteiger partial charge in [0.2, 0.25) is 5.91 Å². The van der Waals surface area contributed by atoms with Crippen molar-refractivity contribution in [3.8, 4) is 11.5 Å². The summed E-state index contributed by atoms with van der Waals surface area (Å²) in [4.78, 5) is 12.4. The van der Waals surface area contributed by atoms with Gasteiger partial charge in [-0.25, -0.2) is 0 Å². The zero-order valence-electron chi connectivity index (χ0n) is 14.2. The Hall–Kier alpha value is -1.80. The molecule has 134 valence electrons. The van der Waals surface area contributed by atoms with Gasteiger partial charge in [-0.3, -0.25) is 4.79 Å². The molecule has 0 saturated heterocycles. The van der Waals surface area contributed by atoms with E-state index in [1.807, 2.05) is 25.1 Å². The Morgan fingerprint density at radius 2 is 2.16 bits per heavy atom. The molecule has 1 fully saturated rings. The fraction of sp³-hybridized carbons (Fsp3) is 0.471. The predicted molar refractivity (Wildman–Crippen MR) is 99.7 cm³/mol. The van der Waals surface area contributed by atoms with Crippen molar-refractivity contribution in [2.45, 2.75) is 48.3 Å². The maximum absolute atomic E-state index is 12.4. The highest BCUT2D eigenvalue weighted by Gasteiger charge is 2.20. The highest BCUT2D eigenvalue weighted by atomic mass is 32.2. The van der Waals surface area contributed by atoms with Gasteiger partial charge in [0.15, 0.2) is 15.8 Å². The maximum atomic E-state index is 12.4. The number of thioether (sulfide) groups is 1. The van der Waals surface area contributed by atoms with Crippen LogP contribution in [-0.2, 0) is 4.79 Å². The van der Waals surface area contributed by atoms with Crippen molar-refractivity contribution in [2.75, 3.05) is 12.4 Å². The molecule has 1 heterocycles. The molecule has 1 amide bonds. The number of amides is 1. The number of carbonyl (C=O) groups excluding carboxylic acids is 1. The zero-order chi connectivity index (χ0) is 17.6. The van der Waals surface area contributed by atoms with Crippen molar-refractivity contribution >= 4 is 34.7 Å². The average Bonchev–Trinajstić information content (AvgIpc) is 3.29. The number of nitrogens with zero attached hydrogens (tertiary/aromatic N) is 2. The molecule has 0 radical (unpaired) electrons. The van der Waals surface area contributed by atoms with Gasteiger partial charge in [-0.1, -0.05) is 23.1 Å². The molecular formula is C17H21N3O3S2. The standard InChI is InChI=1S/C17H21N3O3S2/c1-11(25-17-20-18-10-24-17)16(21)19-12-7-8-14(22-2)15(9-12)23-13-5-3-4-6-13/h7-11,13H,3-6H2,1-2H3,(H,19,21)/t11-/m1/s1. The van der Waals surface area contributed by atoms with Crippen LogP contribution in [0.1, 0.15) is 32.6 Å². The molecule has 0 unspecified atom stereocenters. The van der Waals surface area contributed by atoms with Crippen LogP contribution in [0.2, 0.25) is 0 Å². The fourth-order valence-corrected chi connectivity index (χ4v) is 4.32. The van der Waals surface area contributed by atoms with Crippen LogP contribution in [0.3, 0.4) is 0 Å². The maximum Gasteiger partial charge on any atom is 0.237 e. The van der Waals surface area contributed by atoms with E-state index in [9.17, 15) is 4.79 Å². The summed E-state index contributed by atoms with van der Waals surface area (Å²) in [7, 11) is 1.62. The first-order valence-electron chi connectivity index (χ1n) is 8.24. The van der Waals surface area contributed by atoms with Crippen LogP contribution in [0.25, 0.3) is 0 Å². The van der Waals surface area contributed by atoms with Crippen molar-refractivity contribution < 1.29 is 14.3 Å². The second-order valence-electron chi connectivity index (χ2n) is 5.84. The Bertz CT molecular complexity index is 703. The molecule has 1 aliphatic rings. The van der Waals surface area contributed by atoms with Crippen LogP contribution in [0.4, 0.5) is 5.69 Å². The summed E-state index contributed by atoms with van der Waals surface area (Å²) in [6.07, 6.45) is 4.75. The molecule has 0 aliphatic heterocycles. The van der Waals surface area contributed by atoms with E-state index in [0.29, 0.717) is 17.2 Å². The second-order valence-corrected chi connectivity index (χ2v) is 8.27. The molecule has 1 aromatic carbocycles. The Morgan fingerprint density at radius 3 is 2.84 bits per heavy atom. The fourth-order valence-electron chi connectivity index (χ4n) is 2.70. The Morgan fingerprint density at radius 1 is 1.36 bits per heavy atom. The van der Waals surface area contributed by atoms with Crippen LogP contribution >= 0.6 is 23.1 Å². The molecule has 0 bridgehead atoms. The molecule has 1 saturated carbocycles.